The Bertz CT molecular complexity index is 1550. The number of sulfone groups is 1. The van der Waals surface area contributed by atoms with Gasteiger partial charge in [0.25, 0.3) is 0 Å². The summed E-state index contributed by atoms with van der Waals surface area (Å²) in [4.78, 5) is 0.0794. The molecule has 0 saturated carbocycles. The Morgan fingerprint density at radius 3 is 1.27 bits per heavy atom. The van der Waals surface area contributed by atoms with Crippen LogP contribution in [0.15, 0.2) is 107 Å². The highest BCUT2D eigenvalue weighted by atomic mass is 32.2. The van der Waals surface area contributed by atoms with Gasteiger partial charge in [0.15, 0.2) is 0 Å². The van der Waals surface area contributed by atoms with E-state index in [2.05, 4.69) is 0 Å². The van der Waals surface area contributed by atoms with Gasteiger partial charge in [-0.05, 0) is 78.7 Å². The predicted molar refractivity (Wildman–Crippen MR) is 135 cm³/mol. The van der Waals surface area contributed by atoms with Crippen LogP contribution in [0.5, 0.6) is 17.2 Å². The summed E-state index contributed by atoms with van der Waals surface area (Å²) in [6.07, 6.45) is -11.5. The molecule has 4 rings (SSSR count). The molecule has 0 aromatic heterocycles. The SMILES string of the molecule is COc1ccc(C(c2ccc(Oc3ccc(S(=O)(=O)c4ccc(C)cc4)cc3)cc2)(C(F)(F)F)C(F)(F)F)cc1. The first-order valence-corrected chi connectivity index (χ1v) is 13.2. The summed E-state index contributed by atoms with van der Waals surface area (Å²) in [5.41, 5.74) is -5.49. The number of alkyl halides is 6. The standard InChI is InChI=1S/C29H22F6O4S/c1-19-3-15-25(16-4-19)40(36,37)26-17-13-24(14-18-26)39-23-11-7-21(8-12-23)27(28(30,31)32,29(33,34)35)20-5-9-22(38-2)10-6-20/h3-18H,1-2H3. The summed E-state index contributed by atoms with van der Waals surface area (Å²) in [7, 11) is -2.56. The smallest absolute Gasteiger partial charge is 0.411 e. The summed E-state index contributed by atoms with van der Waals surface area (Å²) < 4.78 is 122. The maximum absolute atomic E-state index is 14.3. The highest BCUT2D eigenvalue weighted by Gasteiger charge is 2.72. The van der Waals surface area contributed by atoms with Crippen molar-refractivity contribution in [2.45, 2.75) is 34.5 Å². The minimum atomic E-state index is -5.74. The number of rotatable bonds is 7. The Hall–Kier alpha value is -3.99. The van der Waals surface area contributed by atoms with Gasteiger partial charge in [-0.15, -0.1) is 0 Å². The molecule has 40 heavy (non-hydrogen) atoms. The molecule has 0 aliphatic rings. The molecule has 0 saturated heterocycles. The monoisotopic (exact) mass is 580 g/mol. The molecular formula is C29H22F6O4S. The number of hydrogen-bond donors (Lipinski definition) is 0. The largest absolute Gasteiger partial charge is 0.497 e. The highest BCUT2D eigenvalue weighted by Crippen LogP contribution is 2.56. The van der Waals surface area contributed by atoms with Gasteiger partial charge in [-0.1, -0.05) is 42.0 Å². The molecule has 4 nitrogen and oxygen atoms in total. The Labute approximate surface area is 226 Å². The van der Waals surface area contributed by atoms with Gasteiger partial charge in [0.1, 0.15) is 17.2 Å². The lowest BCUT2D eigenvalue weighted by molar-refractivity contribution is -0.288. The molecule has 0 N–H and O–H groups in total. The minimum absolute atomic E-state index is 0.0151. The molecule has 0 aliphatic carbocycles. The van der Waals surface area contributed by atoms with Crippen molar-refractivity contribution in [3.63, 3.8) is 0 Å². The maximum Gasteiger partial charge on any atom is 0.411 e. The normalized spacial score (nSPS) is 12.7. The minimum Gasteiger partial charge on any atom is -0.497 e. The van der Waals surface area contributed by atoms with Crippen LogP contribution in [0.4, 0.5) is 26.3 Å². The summed E-state index contributed by atoms with van der Waals surface area (Å²) >= 11 is 0. The van der Waals surface area contributed by atoms with E-state index in [9.17, 15) is 34.8 Å². The number of aryl methyl sites for hydroxylation is 1. The molecule has 4 aromatic rings. The summed E-state index contributed by atoms with van der Waals surface area (Å²) in [6, 6.07) is 18.4. The number of hydrogen-bond acceptors (Lipinski definition) is 4. The van der Waals surface area contributed by atoms with Crippen LogP contribution in [0.1, 0.15) is 16.7 Å². The van der Waals surface area contributed by atoms with Gasteiger partial charge in [0, 0.05) is 0 Å². The fourth-order valence-corrected chi connectivity index (χ4v) is 5.53. The molecule has 0 radical (unpaired) electrons. The molecule has 4 aromatic carbocycles. The van der Waals surface area contributed by atoms with Gasteiger partial charge in [0.2, 0.25) is 15.3 Å². The van der Waals surface area contributed by atoms with Crippen molar-refractivity contribution in [1.29, 1.82) is 0 Å². The van der Waals surface area contributed by atoms with Gasteiger partial charge in [0.05, 0.1) is 16.9 Å². The quantitative estimate of drug-likeness (QED) is 0.208. The fraction of sp³-hybridized carbons (Fsp3) is 0.172. The average Bonchev–Trinajstić information content (AvgIpc) is 2.89. The Kier molecular flexibility index (Phi) is 7.64. The van der Waals surface area contributed by atoms with Crippen LogP contribution in [0.3, 0.4) is 0 Å². The lowest BCUT2D eigenvalue weighted by Gasteiger charge is -2.38. The maximum atomic E-state index is 14.3. The van der Waals surface area contributed by atoms with E-state index in [4.69, 9.17) is 9.47 Å². The molecule has 0 fully saturated rings. The second-order valence-electron chi connectivity index (χ2n) is 8.89. The van der Waals surface area contributed by atoms with Crippen LogP contribution in [0, 0.1) is 6.92 Å². The molecule has 0 amide bonds. The van der Waals surface area contributed by atoms with Crippen molar-refractivity contribution in [1.82, 2.24) is 0 Å². The summed E-state index contributed by atoms with van der Waals surface area (Å²) in [6.45, 7) is 1.82. The molecule has 0 bridgehead atoms. The first-order valence-electron chi connectivity index (χ1n) is 11.7. The molecule has 210 valence electrons. The number of halogens is 6. The van der Waals surface area contributed by atoms with Crippen LogP contribution in [-0.2, 0) is 15.3 Å². The Morgan fingerprint density at radius 1 is 0.550 bits per heavy atom. The lowest BCUT2D eigenvalue weighted by atomic mass is 9.73. The van der Waals surface area contributed by atoms with E-state index in [0.717, 1.165) is 42.0 Å². The van der Waals surface area contributed by atoms with Crippen molar-refractivity contribution >= 4 is 9.84 Å². The molecule has 0 spiro atoms. The highest BCUT2D eigenvalue weighted by molar-refractivity contribution is 7.91. The zero-order chi connectivity index (χ0) is 29.3. The van der Waals surface area contributed by atoms with Crippen molar-refractivity contribution < 1.29 is 44.2 Å². The van der Waals surface area contributed by atoms with Gasteiger partial charge >= 0.3 is 12.4 Å². The molecule has 11 heteroatoms. The third kappa shape index (κ3) is 5.25. The zero-order valence-electron chi connectivity index (χ0n) is 21.0. The van der Waals surface area contributed by atoms with E-state index in [1.165, 1.54) is 43.5 Å². The van der Waals surface area contributed by atoms with Crippen molar-refractivity contribution in [3.05, 3.63) is 114 Å². The van der Waals surface area contributed by atoms with Gasteiger partial charge in [-0.3, -0.25) is 0 Å². The van der Waals surface area contributed by atoms with Gasteiger partial charge in [-0.2, -0.15) is 26.3 Å². The molecular weight excluding hydrogens is 558 g/mol. The van der Waals surface area contributed by atoms with Crippen LogP contribution in [-0.4, -0.2) is 27.9 Å². The van der Waals surface area contributed by atoms with Gasteiger partial charge in [-0.25, -0.2) is 8.42 Å². The van der Waals surface area contributed by atoms with E-state index in [1.807, 2.05) is 6.92 Å². The van der Waals surface area contributed by atoms with E-state index in [1.54, 1.807) is 12.1 Å². The average molecular weight is 581 g/mol. The van der Waals surface area contributed by atoms with E-state index >= 15 is 0 Å². The second-order valence-corrected chi connectivity index (χ2v) is 10.8. The lowest BCUT2D eigenvalue weighted by Crippen LogP contribution is -2.54. The first-order chi connectivity index (χ1) is 18.7. The first kappa shape index (κ1) is 29.0. The number of benzene rings is 4. The van der Waals surface area contributed by atoms with Crippen LogP contribution in [0.25, 0.3) is 0 Å². The predicted octanol–water partition coefficient (Wildman–Crippen LogP) is 8.04. The summed E-state index contributed by atoms with van der Waals surface area (Å²) in [5, 5.41) is 0. The molecule has 0 atom stereocenters. The van der Waals surface area contributed by atoms with E-state index in [-0.39, 0.29) is 27.0 Å². The molecule has 0 aliphatic heterocycles. The second kappa shape index (κ2) is 10.5. The third-order valence-electron chi connectivity index (χ3n) is 6.36. The van der Waals surface area contributed by atoms with Crippen molar-refractivity contribution in [2.75, 3.05) is 7.11 Å². The Morgan fingerprint density at radius 2 is 0.900 bits per heavy atom. The van der Waals surface area contributed by atoms with E-state index < -0.39 is 38.7 Å². The topological polar surface area (TPSA) is 52.6 Å². The third-order valence-corrected chi connectivity index (χ3v) is 8.15. The Balaban J connectivity index is 1.65. The van der Waals surface area contributed by atoms with Crippen LogP contribution in [0.2, 0.25) is 0 Å². The van der Waals surface area contributed by atoms with Crippen LogP contribution >= 0.6 is 0 Å². The van der Waals surface area contributed by atoms with E-state index in [0.29, 0.717) is 12.1 Å². The summed E-state index contributed by atoms with van der Waals surface area (Å²) in [5.74, 6) is 0.179. The van der Waals surface area contributed by atoms with Crippen molar-refractivity contribution in [3.8, 4) is 17.2 Å². The van der Waals surface area contributed by atoms with Crippen LogP contribution < -0.4 is 9.47 Å². The fourth-order valence-electron chi connectivity index (χ4n) is 4.27. The number of ether oxygens (including phenoxy) is 2. The zero-order valence-corrected chi connectivity index (χ0v) is 21.9. The van der Waals surface area contributed by atoms with Gasteiger partial charge < -0.3 is 9.47 Å². The molecule has 0 unspecified atom stereocenters. The van der Waals surface area contributed by atoms with Crippen molar-refractivity contribution in [2.24, 2.45) is 0 Å². The molecule has 0 heterocycles. The number of methoxy groups -OCH3 is 1.